The summed E-state index contributed by atoms with van der Waals surface area (Å²) in [6, 6.07) is 7.74. The molecule has 1 saturated heterocycles. The van der Waals surface area contributed by atoms with Gasteiger partial charge < -0.3 is 15.7 Å². The van der Waals surface area contributed by atoms with E-state index < -0.39 is 6.10 Å². The van der Waals surface area contributed by atoms with Crippen molar-refractivity contribution in [2.24, 2.45) is 0 Å². The summed E-state index contributed by atoms with van der Waals surface area (Å²) in [7, 11) is 0. The predicted octanol–water partition coefficient (Wildman–Crippen LogP) is 2.44. The van der Waals surface area contributed by atoms with E-state index in [1.807, 2.05) is 43.5 Å². The summed E-state index contributed by atoms with van der Waals surface area (Å²) >= 11 is 1.63. The standard InChI is InChI=1S/C17H21N3O2S.ClH/c1-10-9-23-17(19-10)13-5-3-12(4-6-13)11(2)20-16(22)15-7-14(21)8-18-15;/h3-6,9,11,14-15,18,21H,7-8H2,1-2H3,(H,20,22);1H/t11-,14-,15-;/m0./s1. The Morgan fingerprint density at radius 2 is 2.12 bits per heavy atom. The summed E-state index contributed by atoms with van der Waals surface area (Å²) in [6.07, 6.45) is 0.0445. The molecule has 7 heteroatoms. The van der Waals surface area contributed by atoms with Crippen molar-refractivity contribution in [2.45, 2.75) is 38.5 Å². The number of hydrogen-bond donors (Lipinski definition) is 3. The van der Waals surface area contributed by atoms with Crippen LogP contribution in [0.3, 0.4) is 0 Å². The van der Waals surface area contributed by atoms with Gasteiger partial charge in [0.2, 0.25) is 5.91 Å². The van der Waals surface area contributed by atoms with Crippen molar-refractivity contribution in [3.8, 4) is 10.6 Å². The van der Waals surface area contributed by atoms with Crippen molar-refractivity contribution < 1.29 is 9.90 Å². The first-order valence-electron chi connectivity index (χ1n) is 7.77. The maximum Gasteiger partial charge on any atom is 0.237 e. The fourth-order valence-corrected chi connectivity index (χ4v) is 3.52. The number of aryl methyl sites for hydroxylation is 1. The Kier molecular flexibility index (Phi) is 6.34. The monoisotopic (exact) mass is 367 g/mol. The Morgan fingerprint density at radius 3 is 2.67 bits per heavy atom. The zero-order chi connectivity index (χ0) is 16.4. The molecule has 3 rings (SSSR count). The van der Waals surface area contributed by atoms with E-state index in [0.29, 0.717) is 13.0 Å². The van der Waals surface area contributed by atoms with E-state index in [2.05, 4.69) is 15.6 Å². The molecule has 1 amide bonds. The average molecular weight is 368 g/mol. The second kappa shape index (κ2) is 8.07. The highest BCUT2D eigenvalue weighted by molar-refractivity contribution is 7.13. The van der Waals surface area contributed by atoms with Gasteiger partial charge in [0.25, 0.3) is 0 Å². The second-order valence-corrected chi connectivity index (χ2v) is 6.85. The van der Waals surface area contributed by atoms with Crippen LogP contribution in [0.2, 0.25) is 0 Å². The molecular weight excluding hydrogens is 346 g/mol. The average Bonchev–Trinajstić information content (AvgIpc) is 3.16. The number of thiazole rings is 1. The maximum absolute atomic E-state index is 12.2. The third kappa shape index (κ3) is 4.33. The lowest BCUT2D eigenvalue weighted by Crippen LogP contribution is -2.41. The molecule has 130 valence electrons. The number of carbonyl (C=O) groups is 1. The van der Waals surface area contributed by atoms with Crippen LogP contribution < -0.4 is 10.6 Å². The number of carbonyl (C=O) groups excluding carboxylic acids is 1. The van der Waals surface area contributed by atoms with Crippen LogP contribution in [0.15, 0.2) is 29.6 Å². The minimum atomic E-state index is -0.429. The van der Waals surface area contributed by atoms with E-state index in [1.54, 1.807) is 11.3 Å². The molecule has 1 fully saturated rings. The van der Waals surface area contributed by atoms with Gasteiger partial charge in [0.05, 0.1) is 18.2 Å². The molecule has 2 heterocycles. The van der Waals surface area contributed by atoms with E-state index in [9.17, 15) is 9.90 Å². The highest BCUT2D eigenvalue weighted by atomic mass is 35.5. The molecule has 0 spiro atoms. The molecule has 1 aliphatic heterocycles. The lowest BCUT2D eigenvalue weighted by molar-refractivity contribution is -0.123. The van der Waals surface area contributed by atoms with Gasteiger partial charge >= 0.3 is 0 Å². The number of rotatable bonds is 4. The minimum absolute atomic E-state index is 0. The van der Waals surface area contributed by atoms with Crippen LogP contribution in [0, 0.1) is 6.92 Å². The van der Waals surface area contributed by atoms with Gasteiger partial charge in [-0.25, -0.2) is 4.98 Å². The topological polar surface area (TPSA) is 74.2 Å². The molecule has 24 heavy (non-hydrogen) atoms. The first kappa shape index (κ1) is 18.9. The Hall–Kier alpha value is -1.47. The van der Waals surface area contributed by atoms with Gasteiger partial charge in [-0.15, -0.1) is 23.7 Å². The van der Waals surface area contributed by atoms with Gasteiger partial charge in [-0.3, -0.25) is 4.79 Å². The van der Waals surface area contributed by atoms with Crippen LogP contribution in [0.4, 0.5) is 0 Å². The van der Waals surface area contributed by atoms with Crippen molar-refractivity contribution in [3.63, 3.8) is 0 Å². The number of aliphatic hydroxyl groups excluding tert-OH is 1. The number of aromatic nitrogens is 1. The maximum atomic E-state index is 12.2. The van der Waals surface area contributed by atoms with Crippen LogP contribution in [-0.4, -0.2) is 34.7 Å². The molecule has 0 unspecified atom stereocenters. The summed E-state index contributed by atoms with van der Waals surface area (Å²) in [6.45, 7) is 4.43. The normalized spacial score (nSPS) is 21.1. The zero-order valence-electron chi connectivity index (χ0n) is 13.7. The molecule has 1 aromatic heterocycles. The number of β-amino-alcohol motifs (C(OH)–C–C–N with tert-alkyl or cyclic N) is 1. The molecule has 5 nitrogen and oxygen atoms in total. The second-order valence-electron chi connectivity index (χ2n) is 6.00. The zero-order valence-corrected chi connectivity index (χ0v) is 15.3. The SMILES string of the molecule is Cc1csc(-c2ccc([C@H](C)NC(=O)[C@@H]3C[C@H](O)CN3)cc2)n1.Cl. The summed E-state index contributed by atoms with van der Waals surface area (Å²) in [5, 5.41) is 18.6. The smallest absolute Gasteiger partial charge is 0.237 e. The Bertz CT molecular complexity index is 689. The van der Waals surface area contributed by atoms with Gasteiger partial charge in [0.15, 0.2) is 0 Å². The molecule has 0 bridgehead atoms. The molecule has 2 aromatic rings. The van der Waals surface area contributed by atoms with Crippen LogP contribution >= 0.6 is 23.7 Å². The van der Waals surface area contributed by atoms with Gasteiger partial charge in [0.1, 0.15) is 5.01 Å². The third-order valence-electron chi connectivity index (χ3n) is 4.06. The quantitative estimate of drug-likeness (QED) is 0.776. The van der Waals surface area contributed by atoms with E-state index in [1.165, 1.54) is 0 Å². The van der Waals surface area contributed by atoms with E-state index in [0.717, 1.165) is 21.8 Å². The Labute approximate surface area is 151 Å². The Morgan fingerprint density at radius 1 is 1.42 bits per heavy atom. The van der Waals surface area contributed by atoms with Gasteiger partial charge in [0, 0.05) is 23.2 Å². The highest BCUT2D eigenvalue weighted by Crippen LogP contribution is 2.25. The number of halogens is 1. The molecule has 3 N–H and O–H groups in total. The molecule has 1 aromatic carbocycles. The fourth-order valence-electron chi connectivity index (χ4n) is 2.72. The molecule has 0 aliphatic carbocycles. The van der Waals surface area contributed by atoms with E-state index in [-0.39, 0.29) is 30.4 Å². The van der Waals surface area contributed by atoms with Gasteiger partial charge in [-0.2, -0.15) is 0 Å². The minimum Gasteiger partial charge on any atom is -0.392 e. The summed E-state index contributed by atoms with van der Waals surface area (Å²) in [5.74, 6) is -0.0614. The van der Waals surface area contributed by atoms with Crippen LogP contribution in [-0.2, 0) is 4.79 Å². The molecular formula is C17H22ClN3O2S. The first-order chi connectivity index (χ1) is 11.0. The van der Waals surface area contributed by atoms with Crippen LogP contribution in [0.25, 0.3) is 10.6 Å². The number of nitrogens with one attached hydrogen (secondary N) is 2. The molecule has 0 saturated carbocycles. The van der Waals surface area contributed by atoms with E-state index >= 15 is 0 Å². The van der Waals surface area contributed by atoms with Crippen molar-refractivity contribution in [2.75, 3.05) is 6.54 Å². The summed E-state index contributed by atoms with van der Waals surface area (Å²) in [4.78, 5) is 16.7. The number of hydrogen-bond acceptors (Lipinski definition) is 5. The number of nitrogens with zero attached hydrogens (tertiary/aromatic N) is 1. The Balaban J connectivity index is 0.00000208. The predicted molar refractivity (Wildman–Crippen MR) is 98.5 cm³/mol. The number of aliphatic hydroxyl groups is 1. The molecule has 1 aliphatic rings. The molecule has 3 atom stereocenters. The lowest BCUT2D eigenvalue weighted by Gasteiger charge is -2.17. The highest BCUT2D eigenvalue weighted by Gasteiger charge is 2.28. The van der Waals surface area contributed by atoms with Crippen molar-refractivity contribution in [1.29, 1.82) is 0 Å². The van der Waals surface area contributed by atoms with Crippen LogP contribution in [0.1, 0.15) is 30.6 Å². The fraction of sp³-hybridized carbons (Fsp3) is 0.412. The van der Waals surface area contributed by atoms with Gasteiger partial charge in [-0.1, -0.05) is 24.3 Å². The van der Waals surface area contributed by atoms with Crippen molar-refractivity contribution >= 4 is 29.7 Å². The largest absolute Gasteiger partial charge is 0.392 e. The first-order valence-corrected chi connectivity index (χ1v) is 8.65. The number of amides is 1. The third-order valence-corrected chi connectivity index (χ3v) is 5.07. The summed E-state index contributed by atoms with van der Waals surface area (Å²) < 4.78 is 0. The van der Waals surface area contributed by atoms with E-state index in [4.69, 9.17) is 0 Å². The lowest BCUT2D eigenvalue weighted by atomic mass is 10.1. The molecule has 0 radical (unpaired) electrons. The van der Waals surface area contributed by atoms with Crippen LogP contribution in [0.5, 0.6) is 0 Å². The van der Waals surface area contributed by atoms with Crippen molar-refractivity contribution in [1.82, 2.24) is 15.6 Å². The summed E-state index contributed by atoms with van der Waals surface area (Å²) in [5.41, 5.74) is 3.17. The van der Waals surface area contributed by atoms with Crippen molar-refractivity contribution in [3.05, 3.63) is 40.9 Å². The van der Waals surface area contributed by atoms with Gasteiger partial charge in [-0.05, 0) is 25.8 Å². The number of benzene rings is 1.